The van der Waals surface area contributed by atoms with Crippen LogP contribution in [0.15, 0.2) is 65.8 Å². The number of hydrogen-bond donors (Lipinski definition) is 1. The fraction of sp³-hybridized carbons (Fsp3) is 0.227. The largest absolute Gasteiger partial charge is 0.461 e. The lowest BCUT2D eigenvalue weighted by Crippen LogP contribution is -2.28. The molecule has 1 aromatic heterocycles. The van der Waals surface area contributed by atoms with E-state index in [1.54, 1.807) is 37.5 Å². The molecule has 152 valence electrons. The summed E-state index contributed by atoms with van der Waals surface area (Å²) in [6.07, 6.45) is 3.41. The van der Waals surface area contributed by atoms with E-state index in [-0.39, 0.29) is 18.7 Å². The Balaban J connectivity index is 2.17. The highest BCUT2D eigenvalue weighted by Crippen LogP contribution is 2.44. The van der Waals surface area contributed by atoms with E-state index in [1.807, 2.05) is 19.1 Å². The van der Waals surface area contributed by atoms with Crippen LogP contribution in [0.4, 0.5) is 5.69 Å². The number of nitrogens with zero attached hydrogens (tertiary/aromatic N) is 3. The van der Waals surface area contributed by atoms with Crippen molar-refractivity contribution in [2.75, 3.05) is 6.61 Å². The fourth-order valence-corrected chi connectivity index (χ4v) is 3.59. The van der Waals surface area contributed by atoms with Crippen LogP contribution in [0.25, 0.3) is 5.57 Å². The Bertz CT molecular complexity index is 1080. The second-order valence-corrected chi connectivity index (χ2v) is 6.77. The number of nitro benzene ring substituents is 1. The van der Waals surface area contributed by atoms with E-state index in [4.69, 9.17) is 10.00 Å². The van der Waals surface area contributed by atoms with Crippen LogP contribution in [0.2, 0.25) is 0 Å². The molecular formula is C22H20N4O4. The van der Waals surface area contributed by atoms with Crippen LogP contribution < -0.4 is 5.32 Å². The van der Waals surface area contributed by atoms with Crippen LogP contribution in [0, 0.1) is 21.4 Å². The number of esters is 1. The molecule has 0 saturated carbocycles. The molecule has 3 rings (SSSR count). The van der Waals surface area contributed by atoms with Gasteiger partial charge in [-0.1, -0.05) is 18.2 Å². The van der Waals surface area contributed by atoms with E-state index in [0.717, 1.165) is 16.8 Å². The molecule has 1 atom stereocenters. The first kappa shape index (κ1) is 20.7. The average Bonchev–Trinajstić information content (AvgIpc) is 2.74. The molecule has 1 aliphatic heterocycles. The summed E-state index contributed by atoms with van der Waals surface area (Å²) in [6.45, 7) is 3.61. The van der Waals surface area contributed by atoms with E-state index in [1.165, 1.54) is 12.1 Å². The molecule has 2 heterocycles. The molecule has 1 aromatic carbocycles. The standard InChI is InChI=1S/C22H20N4O4/c1-14-19(17-7-4-10-24-13-17)21(16-6-3-8-18(12-16)26(28)29)20(15(2)25-14)22(27)30-11-5-9-23/h3-4,6-8,10,12-13,21,25H,5,11H2,1-2H3. The summed E-state index contributed by atoms with van der Waals surface area (Å²) in [5.41, 5.74) is 3.84. The number of benzene rings is 1. The summed E-state index contributed by atoms with van der Waals surface area (Å²) in [5.74, 6) is -1.16. The second kappa shape index (κ2) is 9.01. The summed E-state index contributed by atoms with van der Waals surface area (Å²) in [7, 11) is 0. The molecule has 1 aliphatic rings. The molecule has 0 spiro atoms. The predicted octanol–water partition coefficient (Wildman–Crippen LogP) is 3.84. The maximum Gasteiger partial charge on any atom is 0.336 e. The monoisotopic (exact) mass is 404 g/mol. The zero-order valence-corrected chi connectivity index (χ0v) is 16.6. The molecule has 1 unspecified atom stereocenters. The maximum absolute atomic E-state index is 13.0. The first-order chi connectivity index (χ1) is 14.4. The molecule has 0 fully saturated rings. The van der Waals surface area contributed by atoms with Crippen molar-refractivity contribution in [1.82, 2.24) is 10.3 Å². The van der Waals surface area contributed by atoms with Gasteiger partial charge in [-0.25, -0.2) is 4.79 Å². The lowest BCUT2D eigenvalue weighted by molar-refractivity contribution is -0.384. The third-order valence-electron chi connectivity index (χ3n) is 4.81. The Morgan fingerprint density at radius 1 is 1.30 bits per heavy atom. The lowest BCUT2D eigenvalue weighted by Gasteiger charge is -2.31. The van der Waals surface area contributed by atoms with Crippen molar-refractivity contribution >= 4 is 17.2 Å². The van der Waals surface area contributed by atoms with Crippen molar-refractivity contribution in [3.8, 4) is 6.07 Å². The van der Waals surface area contributed by atoms with Crippen molar-refractivity contribution in [3.63, 3.8) is 0 Å². The van der Waals surface area contributed by atoms with E-state index in [9.17, 15) is 14.9 Å². The Morgan fingerprint density at radius 2 is 2.10 bits per heavy atom. The zero-order valence-electron chi connectivity index (χ0n) is 16.6. The minimum Gasteiger partial charge on any atom is -0.461 e. The molecule has 0 saturated heterocycles. The van der Waals surface area contributed by atoms with E-state index >= 15 is 0 Å². The molecule has 0 radical (unpaired) electrons. The number of pyridine rings is 1. The van der Waals surface area contributed by atoms with Crippen LogP contribution in [-0.4, -0.2) is 22.5 Å². The van der Waals surface area contributed by atoms with Gasteiger partial charge in [0.1, 0.15) is 6.61 Å². The summed E-state index contributed by atoms with van der Waals surface area (Å²) in [4.78, 5) is 28.0. The lowest BCUT2D eigenvalue weighted by atomic mass is 9.78. The van der Waals surface area contributed by atoms with E-state index in [0.29, 0.717) is 16.8 Å². The van der Waals surface area contributed by atoms with Crippen LogP contribution >= 0.6 is 0 Å². The Hall–Kier alpha value is -3.99. The number of nitro groups is 1. The molecule has 2 aromatic rings. The van der Waals surface area contributed by atoms with Crippen molar-refractivity contribution < 1.29 is 14.5 Å². The number of dihydropyridines is 1. The number of allylic oxidation sites excluding steroid dienone is 3. The number of ether oxygens (including phenoxy) is 1. The first-order valence-corrected chi connectivity index (χ1v) is 9.31. The van der Waals surface area contributed by atoms with Crippen LogP contribution in [0.1, 0.15) is 37.3 Å². The summed E-state index contributed by atoms with van der Waals surface area (Å²) < 4.78 is 5.31. The minimum absolute atomic E-state index is 0.0291. The van der Waals surface area contributed by atoms with Gasteiger partial charge >= 0.3 is 5.97 Å². The zero-order chi connectivity index (χ0) is 21.7. The van der Waals surface area contributed by atoms with Crippen molar-refractivity contribution in [2.24, 2.45) is 0 Å². The van der Waals surface area contributed by atoms with Crippen LogP contribution in [-0.2, 0) is 9.53 Å². The fourth-order valence-electron chi connectivity index (χ4n) is 3.59. The number of hydrogen-bond acceptors (Lipinski definition) is 7. The Morgan fingerprint density at radius 3 is 2.77 bits per heavy atom. The number of nitrogens with one attached hydrogen (secondary N) is 1. The molecule has 8 heteroatoms. The number of carbonyl (C=O) groups excluding carboxylic acids is 1. The quantitative estimate of drug-likeness (QED) is 0.336. The molecule has 0 amide bonds. The van der Waals surface area contributed by atoms with Crippen molar-refractivity contribution in [3.05, 3.63) is 87.0 Å². The third-order valence-corrected chi connectivity index (χ3v) is 4.81. The Labute approximate surface area is 173 Å². The van der Waals surface area contributed by atoms with Gasteiger partial charge in [0.05, 0.1) is 23.0 Å². The Kier molecular flexibility index (Phi) is 6.23. The average molecular weight is 404 g/mol. The highest BCUT2D eigenvalue weighted by Gasteiger charge is 2.35. The molecule has 1 N–H and O–H groups in total. The first-order valence-electron chi connectivity index (χ1n) is 9.31. The summed E-state index contributed by atoms with van der Waals surface area (Å²) in [5, 5.41) is 23.3. The SMILES string of the molecule is CC1=C(C(=O)OCCC#N)C(c2cccc([N+](=O)[O-])c2)C(c2cccnc2)=C(C)N1. The van der Waals surface area contributed by atoms with Crippen molar-refractivity contribution in [2.45, 2.75) is 26.2 Å². The summed E-state index contributed by atoms with van der Waals surface area (Å²) >= 11 is 0. The normalized spacial score (nSPS) is 16.0. The molecule has 0 aliphatic carbocycles. The van der Waals surface area contributed by atoms with Gasteiger partial charge < -0.3 is 10.1 Å². The third kappa shape index (κ3) is 4.20. The highest BCUT2D eigenvalue weighted by molar-refractivity contribution is 5.97. The highest BCUT2D eigenvalue weighted by atomic mass is 16.6. The van der Waals surface area contributed by atoms with Crippen molar-refractivity contribution in [1.29, 1.82) is 5.26 Å². The number of rotatable bonds is 6. The molecule has 8 nitrogen and oxygen atoms in total. The van der Waals surface area contributed by atoms with Crippen LogP contribution in [0.5, 0.6) is 0 Å². The smallest absolute Gasteiger partial charge is 0.336 e. The maximum atomic E-state index is 13.0. The van der Waals surface area contributed by atoms with Gasteiger partial charge in [0.15, 0.2) is 0 Å². The molecule has 30 heavy (non-hydrogen) atoms. The summed E-state index contributed by atoms with van der Waals surface area (Å²) in [6, 6.07) is 11.8. The number of aromatic nitrogens is 1. The minimum atomic E-state index is -0.593. The second-order valence-electron chi connectivity index (χ2n) is 6.77. The van der Waals surface area contributed by atoms with E-state index in [2.05, 4.69) is 10.3 Å². The predicted molar refractivity (Wildman–Crippen MR) is 110 cm³/mol. The van der Waals surface area contributed by atoms with Gasteiger partial charge in [0, 0.05) is 41.8 Å². The van der Waals surface area contributed by atoms with Gasteiger partial charge in [0.25, 0.3) is 5.69 Å². The van der Waals surface area contributed by atoms with E-state index < -0.39 is 16.8 Å². The number of nitriles is 1. The van der Waals surface area contributed by atoms with Gasteiger partial charge in [-0.3, -0.25) is 15.1 Å². The molecular weight excluding hydrogens is 384 g/mol. The number of non-ortho nitro benzene ring substituents is 1. The topological polar surface area (TPSA) is 118 Å². The number of carbonyl (C=O) groups is 1. The van der Waals surface area contributed by atoms with Gasteiger partial charge in [0.2, 0.25) is 0 Å². The van der Waals surface area contributed by atoms with Gasteiger partial charge in [-0.2, -0.15) is 5.26 Å². The van der Waals surface area contributed by atoms with Gasteiger partial charge in [-0.05, 0) is 36.6 Å². The van der Waals surface area contributed by atoms with Gasteiger partial charge in [-0.15, -0.1) is 0 Å². The molecule has 0 bridgehead atoms. The van der Waals surface area contributed by atoms with Crippen LogP contribution in [0.3, 0.4) is 0 Å².